The molecular formula is C15H10O2. The highest BCUT2D eigenvalue weighted by Gasteiger charge is 2.10. The minimum atomic E-state index is 0.145. The molecule has 0 aliphatic heterocycles. The summed E-state index contributed by atoms with van der Waals surface area (Å²) >= 11 is 0. The fourth-order valence-electron chi connectivity index (χ4n) is 1.76. The van der Waals surface area contributed by atoms with Gasteiger partial charge in [0.2, 0.25) is 0 Å². The molecule has 1 N–H and O–H groups in total. The molecule has 0 aromatic heterocycles. The number of carbonyl (C=O) groups is 1. The van der Waals surface area contributed by atoms with Crippen molar-refractivity contribution < 1.29 is 9.90 Å². The third kappa shape index (κ3) is 1.91. The number of terminal acetylenes is 1. The molecule has 0 spiro atoms. The first-order valence-corrected chi connectivity index (χ1v) is 5.11. The van der Waals surface area contributed by atoms with Gasteiger partial charge in [-0.05, 0) is 6.07 Å². The molecule has 0 atom stereocenters. The lowest BCUT2D eigenvalue weighted by molar-refractivity contribution is 0.112. The van der Waals surface area contributed by atoms with E-state index >= 15 is 0 Å². The highest BCUT2D eigenvalue weighted by Crippen LogP contribution is 2.31. The molecule has 0 bridgehead atoms. The van der Waals surface area contributed by atoms with Gasteiger partial charge in [0, 0.05) is 22.3 Å². The maximum absolute atomic E-state index is 10.9. The number of aldehydes is 1. The van der Waals surface area contributed by atoms with E-state index in [9.17, 15) is 9.90 Å². The van der Waals surface area contributed by atoms with Crippen LogP contribution >= 0.6 is 0 Å². The summed E-state index contributed by atoms with van der Waals surface area (Å²) in [4.78, 5) is 10.9. The van der Waals surface area contributed by atoms with E-state index < -0.39 is 0 Å². The van der Waals surface area contributed by atoms with Gasteiger partial charge in [-0.2, -0.15) is 0 Å². The van der Waals surface area contributed by atoms with Crippen molar-refractivity contribution in [2.24, 2.45) is 0 Å². The van der Waals surface area contributed by atoms with Crippen molar-refractivity contribution in [1.29, 1.82) is 0 Å². The number of rotatable bonds is 2. The lowest BCUT2D eigenvalue weighted by atomic mass is 9.96. The normalized spacial score (nSPS) is 9.59. The molecule has 82 valence electrons. The van der Waals surface area contributed by atoms with Crippen LogP contribution in [-0.4, -0.2) is 11.4 Å². The van der Waals surface area contributed by atoms with Crippen LogP contribution in [-0.2, 0) is 0 Å². The Morgan fingerprint density at radius 3 is 2.41 bits per heavy atom. The molecule has 0 saturated heterocycles. The molecule has 0 fully saturated rings. The van der Waals surface area contributed by atoms with E-state index in [0.717, 1.165) is 6.29 Å². The molecule has 0 aliphatic rings. The van der Waals surface area contributed by atoms with Gasteiger partial charge >= 0.3 is 0 Å². The Morgan fingerprint density at radius 1 is 1.06 bits per heavy atom. The minimum Gasteiger partial charge on any atom is -0.507 e. The van der Waals surface area contributed by atoms with Crippen LogP contribution < -0.4 is 0 Å². The van der Waals surface area contributed by atoms with Crippen molar-refractivity contribution in [2.45, 2.75) is 0 Å². The molecule has 2 heteroatoms. The lowest BCUT2D eigenvalue weighted by Crippen LogP contribution is -1.91. The monoisotopic (exact) mass is 222 g/mol. The molecular weight excluding hydrogens is 212 g/mol. The summed E-state index contributed by atoms with van der Waals surface area (Å²) in [6.45, 7) is 0. The van der Waals surface area contributed by atoms with E-state index in [1.807, 2.05) is 6.07 Å². The maximum atomic E-state index is 10.9. The second-order valence-corrected chi connectivity index (χ2v) is 3.55. The molecule has 0 aliphatic carbocycles. The van der Waals surface area contributed by atoms with E-state index in [-0.39, 0.29) is 5.75 Å². The van der Waals surface area contributed by atoms with Crippen molar-refractivity contribution >= 4 is 6.29 Å². The summed E-state index contributed by atoms with van der Waals surface area (Å²) < 4.78 is 0. The van der Waals surface area contributed by atoms with Gasteiger partial charge in [-0.25, -0.2) is 0 Å². The van der Waals surface area contributed by atoms with Gasteiger partial charge in [0.1, 0.15) is 5.75 Å². The van der Waals surface area contributed by atoms with Crippen molar-refractivity contribution in [3.63, 3.8) is 0 Å². The molecule has 0 saturated carbocycles. The van der Waals surface area contributed by atoms with Gasteiger partial charge in [0.25, 0.3) is 0 Å². The number of hydrogen-bond donors (Lipinski definition) is 1. The Morgan fingerprint density at radius 2 is 1.76 bits per heavy atom. The van der Waals surface area contributed by atoms with E-state index in [4.69, 9.17) is 6.42 Å². The van der Waals surface area contributed by atoms with Crippen molar-refractivity contribution in [1.82, 2.24) is 0 Å². The quantitative estimate of drug-likeness (QED) is 0.626. The largest absolute Gasteiger partial charge is 0.507 e. The Kier molecular flexibility index (Phi) is 2.93. The number of phenols is 1. The van der Waals surface area contributed by atoms with Crippen molar-refractivity contribution in [3.05, 3.63) is 53.6 Å². The van der Waals surface area contributed by atoms with E-state index in [0.29, 0.717) is 22.3 Å². The molecule has 0 amide bonds. The first-order chi connectivity index (χ1) is 8.27. The molecule has 2 nitrogen and oxygen atoms in total. The maximum Gasteiger partial charge on any atom is 0.151 e. The lowest BCUT2D eigenvalue weighted by Gasteiger charge is -2.08. The average molecular weight is 222 g/mol. The van der Waals surface area contributed by atoms with Crippen molar-refractivity contribution in [2.75, 3.05) is 0 Å². The summed E-state index contributed by atoms with van der Waals surface area (Å²) in [5, 5.41) is 9.79. The average Bonchev–Trinajstić information content (AvgIpc) is 2.38. The number of hydrogen-bond acceptors (Lipinski definition) is 2. The summed E-state index contributed by atoms with van der Waals surface area (Å²) in [7, 11) is 0. The number of phenolic OH excluding ortho intramolecular Hbond substituents is 1. The second kappa shape index (κ2) is 4.54. The second-order valence-electron chi connectivity index (χ2n) is 3.55. The van der Waals surface area contributed by atoms with Crippen LogP contribution in [0.1, 0.15) is 15.9 Å². The summed E-state index contributed by atoms with van der Waals surface area (Å²) in [6, 6.07) is 12.1. The van der Waals surface area contributed by atoms with Crippen LogP contribution in [0.25, 0.3) is 11.1 Å². The zero-order valence-corrected chi connectivity index (χ0v) is 9.05. The standard InChI is InChI=1S/C15H10O2/c1-2-12-11(10-16)6-5-8-13(12)14-7-3-4-9-15(14)17/h1,3-10,17H. The van der Waals surface area contributed by atoms with Crippen LogP contribution in [0.15, 0.2) is 42.5 Å². The first-order valence-electron chi connectivity index (χ1n) is 5.11. The molecule has 17 heavy (non-hydrogen) atoms. The zero-order chi connectivity index (χ0) is 12.3. The minimum absolute atomic E-state index is 0.145. The predicted molar refractivity (Wildman–Crippen MR) is 66.9 cm³/mol. The topological polar surface area (TPSA) is 37.3 Å². The number of benzene rings is 2. The fraction of sp³-hybridized carbons (Fsp3) is 0. The molecule has 0 radical (unpaired) electrons. The van der Waals surface area contributed by atoms with Crippen LogP contribution in [0.3, 0.4) is 0 Å². The van der Waals surface area contributed by atoms with Crippen LogP contribution in [0.4, 0.5) is 0 Å². The van der Waals surface area contributed by atoms with Crippen LogP contribution in [0.2, 0.25) is 0 Å². The Bertz CT molecular complexity index is 607. The smallest absolute Gasteiger partial charge is 0.151 e. The summed E-state index contributed by atoms with van der Waals surface area (Å²) in [6.07, 6.45) is 6.14. The van der Waals surface area contributed by atoms with E-state index in [2.05, 4.69) is 5.92 Å². The van der Waals surface area contributed by atoms with Gasteiger partial charge in [-0.3, -0.25) is 4.79 Å². The number of para-hydroxylation sites is 1. The van der Waals surface area contributed by atoms with Gasteiger partial charge in [-0.15, -0.1) is 6.42 Å². The molecule has 0 heterocycles. The zero-order valence-electron chi connectivity index (χ0n) is 9.05. The van der Waals surface area contributed by atoms with Gasteiger partial charge in [0.15, 0.2) is 6.29 Å². The first kappa shape index (κ1) is 11.0. The van der Waals surface area contributed by atoms with Crippen molar-refractivity contribution in [3.8, 4) is 29.2 Å². The van der Waals surface area contributed by atoms with Gasteiger partial charge < -0.3 is 5.11 Å². The molecule has 2 aromatic carbocycles. The Labute approximate surface area is 99.5 Å². The summed E-state index contributed by atoms with van der Waals surface area (Å²) in [5.74, 6) is 2.64. The number of carbonyl (C=O) groups excluding carboxylic acids is 1. The highest BCUT2D eigenvalue weighted by atomic mass is 16.3. The third-order valence-corrected chi connectivity index (χ3v) is 2.56. The molecule has 2 rings (SSSR count). The highest BCUT2D eigenvalue weighted by molar-refractivity contribution is 5.87. The number of aromatic hydroxyl groups is 1. The molecule has 0 unspecified atom stereocenters. The van der Waals surface area contributed by atoms with Crippen LogP contribution in [0, 0.1) is 12.3 Å². The summed E-state index contributed by atoms with van der Waals surface area (Å²) in [5.41, 5.74) is 2.27. The third-order valence-electron chi connectivity index (χ3n) is 2.56. The van der Waals surface area contributed by atoms with Gasteiger partial charge in [-0.1, -0.05) is 42.3 Å². The SMILES string of the molecule is C#Cc1c(C=O)cccc1-c1ccccc1O. The fourth-order valence-corrected chi connectivity index (χ4v) is 1.76. The predicted octanol–water partition coefficient (Wildman–Crippen LogP) is 2.85. The molecule has 2 aromatic rings. The van der Waals surface area contributed by atoms with E-state index in [1.165, 1.54) is 0 Å². The Hall–Kier alpha value is -2.53. The van der Waals surface area contributed by atoms with E-state index in [1.54, 1.807) is 36.4 Å². The Balaban J connectivity index is 2.73. The van der Waals surface area contributed by atoms with Crippen LogP contribution in [0.5, 0.6) is 5.75 Å². The van der Waals surface area contributed by atoms with Gasteiger partial charge in [0.05, 0.1) is 0 Å².